The zero-order valence-electron chi connectivity index (χ0n) is 26.0. The number of nitrogens with one attached hydrogen (secondary N) is 3. The van der Waals surface area contributed by atoms with Crippen molar-refractivity contribution in [1.29, 1.82) is 0 Å². The number of carbonyl (C=O) groups is 3. The van der Waals surface area contributed by atoms with E-state index in [1.54, 1.807) is 50.9 Å². The first-order valence-corrected chi connectivity index (χ1v) is 14.8. The Balaban J connectivity index is 1.42. The van der Waals surface area contributed by atoms with E-state index in [4.69, 9.17) is 9.26 Å². The van der Waals surface area contributed by atoms with E-state index in [2.05, 4.69) is 21.1 Å². The van der Waals surface area contributed by atoms with Crippen LogP contribution in [0.2, 0.25) is 0 Å². The van der Waals surface area contributed by atoms with Crippen LogP contribution in [0.3, 0.4) is 0 Å². The smallest absolute Gasteiger partial charge is 0.323 e. The molecule has 1 aliphatic heterocycles. The van der Waals surface area contributed by atoms with Crippen molar-refractivity contribution in [2.45, 2.75) is 39.8 Å². The van der Waals surface area contributed by atoms with Gasteiger partial charge in [-0.1, -0.05) is 54.5 Å². The average Bonchev–Trinajstić information content (AvgIpc) is 3.34. The monoisotopic (exact) mass is 614 g/mol. The van der Waals surface area contributed by atoms with E-state index in [1.807, 2.05) is 49.4 Å². The van der Waals surface area contributed by atoms with Crippen molar-refractivity contribution >= 4 is 45.8 Å². The molecule has 236 valence electrons. The summed E-state index contributed by atoms with van der Waals surface area (Å²) in [5.41, 5.74) is 2.14. The molecule has 45 heavy (non-hydrogen) atoms. The molecule has 0 fully saturated rings. The molecular weight excluding hydrogens is 576 g/mol. The topological polar surface area (TPSA) is 149 Å². The molecule has 0 radical (unpaired) electrons. The summed E-state index contributed by atoms with van der Waals surface area (Å²) in [6.45, 7) is 7.32. The highest BCUT2D eigenvalue weighted by atomic mass is 16.5. The third-order valence-corrected chi connectivity index (χ3v) is 8.04. The van der Waals surface area contributed by atoms with Gasteiger partial charge in [-0.3, -0.25) is 4.79 Å². The van der Waals surface area contributed by atoms with Gasteiger partial charge in [-0.2, -0.15) is 0 Å². The third-order valence-electron chi connectivity index (χ3n) is 8.04. The summed E-state index contributed by atoms with van der Waals surface area (Å²) in [4.78, 5) is 43.4. The number of para-hydroxylation sites is 1. The van der Waals surface area contributed by atoms with Gasteiger partial charge in [0.25, 0.3) is 5.91 Å². The molecule has 0 bridgehead atoms. The number of likely N-dealkylation sites (N-methyl/N-ethyl adjacent to an activating group) is 1. The van der Waals surface area contributed by atoms with E-state index in [9.17, 15) is 19.5 Å². The van der Waals surface area contributed by atoms with Gasteiger partial charge in [0.15, 0.2) is 11.5 Å². The summed E-state index contributed by atoms with van der Waals surface area (Å²) in [7, 11) is 1.68. The Kier molecular flexibility index (Phi) is 9.24. The summed E-state index contributed by atoms with van der Waals surface area (Å²) < 4.78 is 11.7. The van der Waals surface area contributed by atoms with Crippen LogP contribution in [0.5, 0.6) is 5.75 Å². The van der Waals surface area contributed by atoms with Crippen LogP contribution in [0.15, 0.2) is 65.2 Å². The number of hydrogen-bond donors (Lipinski definition) is 4. The first-order valence-electron chi connectivity index (χ1n) is 14.8. The molecule has 12 nitrogen and oxygen atoms in total. The first-order chi connectivity index (χ1) is 21.6. The normalized spacial score (nSPS) is 17.0. The van der Waals surface area contributed by atoms with Crippen LogP contribution in [0.25, 0.3) is 10.8 Å². The van der Waals surface area contributed by atoms with Crippen LogP contribution < -0.4 is 20.7 Å². The number of benzene rings is 3. The molecule has 3 aromatic carbocycles. The predicted molar refractivity (Wildman–Crippen MR) is 172 cm³/mol. The number of carbonyl (C=O) groups excluding carboxylic acids is 3. The molecule has 12 heteroatoms. The molecule has 0 saturated heterocycles. The van der Waals surface area contributed by atoms with Gasteiger partial charge in [0.1, 0.15) is 17.5 Å². The lowest BCUT2D eigenvalue weighted by atomic mass is 9.99. The van der Waals surface area contributed by atoms with E-state index in [0.29, 0.717) is 22.8 Å². The Bertz CT molecular complexity index is 1700. The van der Waals surface area contributed by atoms with Crippen molar-refractivity contribution in [2.75, 3.05) is 42.7 Å². The summed E-state index contributed by atoms with van der Waals surface area (Å²) >= 11 is 0. The molecule has 0 spiro atoms. The summed E-state index contributed by atoms with van der Waals surface area (Å²) in [6.07, 6.45) is -0.581. The summed E-state index contributed by atoms with van der Waals surface area (Å²) in [5, 5.41) is 24.3. The zero-order valence-corrected chi connectivity index (χ0v) is 26.0. The molecule has 0 saturated carbocycles. The number of fused-ring (bicyclic) bond motifs is 2. The number of aliphatic hydroxyl groups excluding tert-OH is 1. The van der Waals surface area contributed by atoms with Crippen LogP contribution in [0.4, 0.5) is 26.7 Å². The lowest BCUT2D eigenvalue weighted by molar-refractivity contribution is 0.0373. The van der Waals surface area contributed by atoms with E-state index >= 15 is 0 Å². The van der Waals surface area contributed by atoms with E-state index in [0.717, 1.165) is 10.8 Å². The number of anilines is 3. The number of nitrogens with zero attached hydrogens (tertiary/aromatic N) is 3. The van der Waals surface area contributed by atoms with Crippen molar-refractivity contribution in [3.05, 3.63) is 77.7 Å². The van der Waals surface area contributed by atoms with Gasteiger partial charge >= 0.3 is 12.1 Å². The first kappa shape index (κ1) is 31.3. The van der Waals surface area contributed by atoms with Crippen molar-refractivity contribution in [2.24, 2.45) is 5.92 Å². The number of ether oxygens (including phenoxy) is 1. The Labute approximate surface area is 261 Å². The van der Waals surface area contributed by atoms with Crippen LogP contribution in [-0.2, 0) is 0 Å². The number of aryl methyl sites for hydroxylation is 2. The van der Waals surface area contributed by atoms with Gasteiger partial charge in [-0.15, -0.1) is 0 Å². The second-order valence-corrected chi connectivity index (χ2v) is 11.4. The number of rotatable bonds is 7. The van der Waals surface area contributed by atoms with Crippen molar-refractivity contribution in [3.8, 4) is 5.75 Å². The number of urea groups is 2. The summed E-state index contributed by atoms with van der Waals surface area (Å²) in [6, 6.07) is 17.1. The van der Waals surface area contributed by atoms with Gasteiger partial charge in [-0.25, -0.2) is 9.59 Å². The lowest BCUT2D eigenvalue weighted by Gasteiger charge is -2.38. The standard InChI is InChI=1S/C33H38N6O6/c1-19-16-39(20(2)18-40)31(41)25-13-9-15-27(34-32(42)36-29-21(3)37-45-22(29)4)30(25)44-28(19)17-38(5)33(43)35-26-14-8-11-23-10-6-7-12-24(23)26/h6-15,19-20,28,40H,16-18H2,1-5H3,(H,35,43)(H2,34,36,42)/t19-,20-,28-/m0/s1. The predicted octanol–water partition coefficient (Wildman–Crippen LogP) is 5.47. The highest BCUT2D eigenvalue weighted by Gasteiger charge is 2.35. The third kappa shape index (κ3) is 6.70. The van der Waals surface area contributed by atoms with Crippen molar-refractivity contribution in [3.63, 3.8) is 0 Å². The minimum absolute atomic E-state index is 0.172. The molecular formula is C33H38N6O6. The molecule has 3 atom stereocenters. The van der Waals surface area contributed by atoms with Crippen molar-refractivity contribution in [1.82, 2.24) is 15.0 Å². The average molecular weight is 615 g/mol. The second kappa shape index (κ2) is 13.3. The number of aliphatic hydroxyl groups is 1. The van der Waals surface area contributed by atoms with Gasteiger partial charge < -0.3 is 40.1 Å². The lowest BCUT2D eigenvalue weighted by Crippen LogP contribution is -2.50. The molecule has 1 aromatic heterocycles. The number of amides is 5. The van der Waals surface area contributed by atoms with E-state index < -0.39 is 18.2 Å². The fourth-order valence-corrected chi connectivity index (χ4v) is 5.39. The van der Waals surface area contributed by atoms with Gasteiger partial charge in [0.2, 0.25) is 0 Å². The fraction of sp³-hybridized carbons (Fsp3) is 0.333. The number of aromatic nitrogens is 1. The zero-order chi connectivity index (χ0) is 32.2. The molecule has 5 rings (SSSR count). The summed E-state index contributed by atoms with van der Waals surface area (Å²) in [5.74, 6) is 0.0255. The molecule has 4 aromatic rings. The molecule has 5 amide bonds. The molecule has 0 unspecified atom stereocenters. The maximum absolute atomic E-state index is 13.8. The quantitative estimate of drug-likeness (QED) is 0.216. The Hall–Kier alpha value is -5.10. The van der Waals surface area contributed by atoms with E-state index in [1.165, 1.54) is 4.90 Å². The van der Waals surface area contributed by atoms with Crippen LogP contribution in [-0.4, -0.2) is 76.9 Å². The van der Waals surface area contributed by atoms with Gasteiger partial charge in [-0.05, 0) is 44.4 Å². The maximum Gasteiger partial charge on any atom is 0.323 e. The van der Waals surface area contributed by atoms with Crippen LogP contribution in [0.1, 0.15) is 35.7 Å². The Morgan fingerprint density at radius 1 is 1.04 bits per heavy atom. The minimum atomic E-state index is -0.581. The molecule has 4 N–H and O–H groups in total. The fourth-order valence-electron chi connectivity index (χ4n) is 5.39. The van der Waals surface area contributed by atoms with Crippen LogP contribution >= 0.6 is 0 Å². The van der Waals surface area contributed by atoms with Crippen molar-refractivity contribution < 1.29 is 28.8 Å². The molecule has 0 aliphatic carbocycles. The largest absolute Gasteiger partial charge is 0.485 e. The van der Waals surface area contributed by atoms with Crippen LogP contribution in [0, 0.1) is 19.8 Å². The Morgan fingerprint density at radius 2 is 1.76 bits per heavy atom. The number of hydrogen-bond acceptors (Lipinski definition) is 7. The highest BCUT2D eigenvalue weighted by Crippen LogP contribution is 2.35. The van der Waals surface area contributed by atoms with E-state index in [-0.39, 0.29) is 54.6 Å². The van der Waals surface area contributed by atoms with Gasteiger partial charge in [0.05, 0.1) is 36.1 Å². The SMILES string of the molecule is Cc1noc(C)c1NC(=O)Nc1cccc2c1O[C@@H](CN(C)C(=O)Nc1cccc3ccccc13)[C@@H](C)CN([C@@H](C)CO)C2=O. The maximum atomic E-state index is 13.8. The Morgan fingerprint density at radius 3 is 2.49 bits per heavy atom. The second-order valence-electron chi connectivity index (χ2n) is 11.4. The molecule has 2 heterocycles. The minimum Gasteiger partial charge on any atom is -0.485 e. The van der Waals surface area contributed by atoms with Gasteiger partial charge in [0, 0.05) is 24.9 Å². The highest BCUT2D eigenvalue weighted by molar-refractivity contribution is 6.05. The molecule has 1 aliphatic rings.